The molecule has 0 amide bonds. The van der Waals surface area contributed by atoms with E-state index in [2.05, 4.69) is 93.7 Å². The van der Waals surface area contributed by atoms with Crippen LogP contribution in [0.25, 0.3) is 0 Å². The molecule has 6 heteroatoms. The van der Waals surface area contributed by atoms with Crippen LogP contribution < -0.4 is 0 Å². The van der Waals surface area contributed by atoms with Gasteiger partial charge >= 0.3 is 17.9 Å². The van der Waals surface area contributed by atoms with E-state index in [1.165, 1.54) is 116 Å². The van der Waals surface area contributed by atoms with Gasteiger partial charge in [0.15, 0.2) is 6.10 Å². The molecule has 0 aliphatic heterocycles. The minimum Gasteiger partial charge on any atom is -0.462 e. The SMILES string of the molecule is CC/C=C\C/C=C\C/C=C\C/C=C\CCCCCCC(=O)O[C@H](COC(=O)CCCCCCCCC/C=C\C/C=C\CCCCC)COC(=O)CCCCCCCCCCCCCCC. The Labute approximate surface area is 402 Å². The molecule has 0 aliphatic rings. The summed E-state index contributed by atoms with van der Waals surface area (Å²) in [7, 11) is 0. The predicted octanol–water partition coefficient (Wildman–Crippen LogP) is 18.2. The number of hydrogen-bond donors (Lipinski definition) is 0. The van der Waals surface area contributed by atoms with Crippen molar-refractivity contribution in [3.63, 3.8) is 0 Å². The van der Waals surface area contributed by atoms with E-state index in [9.17, 15) is 14.4 Å². The van der Waals surface area contributed by atoms with Gasteiger partial charge in [-0.1, -0.05) is 229 Å². The lowest BCUT2D eigenvalue weighted by Crippen LogP contribution is -2.30. The summed E-state index contributed by atoms with van der Waals surface area (Å²) in [5.41, 5.74) is 0. The first-order chi connectivity index (χ1) is 32.0. The predicted molar refractivity (Wildman–Crippen MR) is 279 cm³/mol. The molecule has 0 saturated carbocycles. The molecular weight excluding hydrogens is 805 g/mol. The van der Waals surface area contributed by atoms with Gasteiger partial charge in [-0.2, -0.15) is 0 Å². The first-order valence-corrected chi connectivity index (χ1v) is 27.4. The summed E-state index contributed by atoms with van der Waals surface area (Å²) >= 11 is 0. The number of ether oxygens (including phenoxy) is 3. The lowest BCUT2D eigenvalue weighted by Gasteiger charge is -2.18. The van der Waals surface area contributed by atoms with Crippen molar-refractivity contribution in [2.45, 2.75) is 271 Å². The molecule has 0 spiro atoms. The molecule has 0 aromatic heterocycles. The summed E-state index contributed by atoms with van der Waals surface area (Å²) in [6, 6.07) is 0. The van der Waals surface area contributed by atoms with Crippen LogP contribution in [0.15, 0.2) is 72.9 Å². The van der Waals surface area contributed by atoms with Gasteiger partial charge in [-0.3, -0.25) is 14.4 Å². The minimum absolute atomic E-state index is 0.0862. The molecular formula is C59H102O6. The smallest absolute Gasteiger partial charge is 0.306 e. The zero-order valence-corrected chi connectivity index (χ0v) is 42.7. The van der Waals surface area contributed by atoms with E-state index in [0.29, 0.717) is 19.3 Å². The number of unbranched alkanes of at least 4 members (excludes halogenated alkanes) is 26. The van der Waals surface area contributed by atoms with Crippen LogP contribution in [0.5, 0.6) is 0 Å². The van der Waals surface area contributed by atoms with Gasteiger partial charge in [0.25, 0.3) is 0 Å². The van der Waals surface area contributed by atoms with E-state index in [1.807, 2.05) is 0 Å². The fourth-order valence-electron chi connectivity index (χ4n) is 7.58. The van der Waals surface area contributed by atoms with E-state index in [1.54, 1.807) is 0 Å². The van der Waals surface area contributed by atoms with Crippen molar-refractivity contribution in [2.24, 2.45) is 0 Å². The Balaban J connectivity index is 4.43. The largest absolute Gasteiger partial charge is 0.462 e. The number of esters is 3. The second-order valence-electron chi connectivity index (χ2n) is 18.1. The molecule has 0 radical (unpaired) electrons. The van der Waals surface area contributed by atoms with Gasteiger partial charge in [0, 0.05) is 19.3 Å². The van der Waals surface area contributed by atoms with Crippen LogP contribution in [0.2, 0.25) is 0 Å². The van der Waals surface area contributed by atoms with E-state index in [0.717, 1.165) is 109 Å². The van der Waals surface area contributed by atoms with E-state index in [-0.39, 0.29) is 31.1 Å². The first-order valence-electron chi connectivity index (χ1n) is 27.4. The Hall–Kier alpha value is -3.15. The topological polar surface area (TPSA) is 78.9 Å². The highest BCUT2D eigenvalue weighted by Gasteiger charge is 2.19. The van der Waals surface area contributed by atoms with Crippen LogP contribution in [0.3, 0.4) is 0 Å². The second-order valence-corrected chi connectivity index (χ2v) is 18.1. The number of carbonyl (C=O) groups excluding carboxylic acids is 3. The van der Waals surface area contributed by atoms with Crippen molar-refractivity contribution in [3.05, 3.63) is 72.9 Å². The van der Waals surface area contributed by atoms with E-state index >= 15 is 0 Å². The first kappa shape index (κ1) is 61.9. The third-order valence-electron chi connectivity index (χ3n) is 11.7. The fraction of sp³-hybridized carbons (Fsp3) is 0.746. The highest BCUT2D eigenvalue weighted by Crippen LogP contribution is 2.15. The highest BCUT2D eigenvalue weighted by molar-refractivity contribution is 5.71. The lowest BCUT2D eigenvalue weighted by atomic mass is 10.0. The molecule has 0 fully saturated rings. The average molecular weight is 907 g/mol. The zero-order valence-electron chi connectivity index (χ0n) is 42.7. The molecule has 1 atom stereocenters. The minimum atomic E-state index is -0.790. The highest BCUT2D eigenvalue weighted by atomic mass is 16.6. The molecule has 374 valence electrons. The maximum atomic E-state index is 12.8. The van der Waals surface area contributed by atoms with Gasteiger partial charge in [0.05, 0.1) is 0 Å². The van der Waals surface area contributed by atoms with Crippen molar-refractivity contribution < 1.29 is 28.6 Å². The van der Waals surface area contributed by atoms with Gasteiger partial charge < -0.3 is 14.2 Å². The van der Waals surface area contributed by atoms with Crippen molar-refractivity contribution in [1.82, 2.24) is 0 Å². The standard InChI is InChI=1S/C59H102O6/c1-4-7-10-13-16-19-22-25-27-29-31-34-37-40-43-46-49-52-58(61)64-55-56(54-63-57(60)51-48-45-42-39-36-33-24-21-18-15-12-9-6-3)65-59(62)53-50-47-44-41-38-35-32-30-28-26-23-20-17-14-11-8-5-2/h8,11,16-17,19-20,25-28,32,35,56H,4-7,9-10,12-15,18,21-24,29-31,33-34,36-55H2,1-3H3/b11-8-,19-16-,20-17-,27-25-,28-26-,35-32-/t56-/m0/s1. The number of hydrogen-bond acceptors (Lipinski definition) is 6. The molecule has 0 heterocycles. The van der Waals surface area contributed by atoms with Crippen molar-refractivity contribution >= 4 is 17.9 Å². The lowest BCUT2D eigenvalue weighted by molar-refractivity contribution is -0.167. The molecule has 65 heavy (non-hydrogen) atoms. The fourth-order valence-corrected chi connectivity index (χ4v) is 7.58. The van der Waals surface area contributed by atoms with Crippen LogP contribution >= 0.6 is 0 Å². The molecule has 0 aromatic rings. The molecule has 0 rings (SSSR count). The van der Waals surface area contributed by atoms with Crippen LogP contribution in [0.1, 0.15) is 265 Å². The Morgan fingerprint density at radius 1 is 0.323 bits per heavy atom. The molecule has 0 aromatic carbocycles. The Bertz CT molecular complexity index is 1230. The molecule has 0 saturated heterocycles. The average Bonchev–Trinajstić information content (AvgIpc) is 3.30. The summed E-state index contributed by atoms with van der Waals surface area (Å²) in [6.45, 7) is 6.49. The van der Waals surface area contributed by atoms with Crippen LogP contribution in [0.4, 0.5) is 0 Å². The van der Waals surface area contributed by atoms with Crippen molar-refractivity contribution in [2.75, 3.05) is 13.2 Å². The summed E-state index contributed by atoms with van der Waals surface area (Å²) in [5, 5.41) is 0. The zero-order chi connectivity index (χ0) is 47.2. The van der Waals surface area contributed by atoms with Gasteiger partial charge in [0.2, 0.25) is 0 Å². The molecule has 0 aliphatic carbocycles. The van der Waals surface area contributed by atoms with Crippen LogP contribution in [0, 0.1) is 0 Å². The number of carbonyl (C=O) groups is 3. The third kappa shape index (κ3) is 51.7. The summed E-state index contributed by atoms with van der Waals surface area (Å²) in [5.74, 6) is -0.912. The van der Waals surface area contributed by atoms with Gasteiger partial charge in [0.1, 0.15) is 13.2 Å². The van der Waals surface area contributed by atoms with Gasteiger partial charge in [-0.05, 0) is 89.9 Å². The number of allylic oxidation sites excluding steroid dienone is 12. The van der Waals surface area contributed by atoms with E-state index in [4.69, 9.17) is 14.2 Å². The third-order valence-corrected chi connectivity index (χ3v) is 11.7. The summed E-state index contributed by atoms with van der Waals surface area (Å²) < 4.78 is 16.8. The maximum absolute atomic E-state index is 12.8. The Morgan fingerprint density at radius 3 is 0.969 bits per heavy atom. The Kier molecular flexibility index (Phi) is 50.9. The summed E-state index contributed by atoms with van der Waals surface area (Å²) in [6.07, 6.45) is 67.4. The van der Waals surface area contributed by atoms with Crippen LogP contribution in [-0.4, -0.2) is 37.2 Å². The normalized spacial score (nSPS) is 12.6. The maximum Gasteiger partial charge on any atom is 0.306 e. The van der Waals surface area contributed by atoms with E-state index < -0.39 is 6.10 Å². The Morgan fingerprint density at radius 2 is 0.600 bits per heavy atom. The van der Waals surface area contributed by atoms with Crippen LogP contribution in [-0.2, 0) is 28.6 Å². The monoisotopic (exact) mass is 907 g/mol. The second kappa shape index (κ2) is 53.5. The molecule has 0 N–H and O–H groups in total. The quantitative estimate of drug-likeness (QED) is 0.0262. The summed E-state index contributed by atoms with van der Waals surface area (Å²) in [4.78, 5) is 38.1. The molecule has 0 unspecified atom stereocenters. The number of rotatable bonds is 49. The van der Waals surface area contributed by atoms with Gasteiger partial charge in [-0.15, -0.1) is 0 Å². The van der Waals surface area contributed by atoms with Gasteiger partial charge in [-0.25, -0.2) is 0 Å². The van der Waals surface area contributed by atoms with Crippen molar-refractivity contribution in [1.29, 1.82) is 0 Å². The molecule has 0 bridgehead atoms. The van der Waals surface area contributed by atoms with Crippen molar-refractivity contribution in [3.8, 4) is 0 Å². The molecule has 6 nitrogen and oxygen atoms in total.